The van der Waals surface area contributed by atoms with Crippen molar-refractivity contribution in [2.24, 2.45) is 0 Å². The number of rotatable bonds is 5. The average Bonchev–Trinajstić information content (AvgIpc) is 2.35. The minimum absolute atomic E-state index is 0.0266. The van der Waals surface area contributed by atoms with Gasteiger partial charge in [0.2, 0.25) is 5.91 Å². The van der Waals surface area contributed by atoms with Crippen molar-refractivity contribution in [3.05, 3.63) is 29.8 Å². The number of anilines is 1. The first-order valence-electron chi connectivity index (χ1n) is 5.22. The lowest BCUT2D eigenvalue weighted by molar-refractivity contribution is -0.119. The third kappa shape index (κ3) is 3.08. The Morgan fingerprint density at radius 1 is 1.38 bits per heavy atom. The molecule has 0 bridgehead atoms. The normalized spacial score (nSPS) is 9.62. The second-order valence-electron chi connectivity index (χ2n) is 3.40. The Labute approximate surface area is 95.3 Å². The number of likely N-dealkylation sites (N-methyl/N-ethyl adjacent to an activating group) is 2. The predicted octanol–water partition coefficient (Wildman–Crippen LogP) is 1.07. The zero-order valence-electron chi connectivity index (χ0n) is 9.56. The SMILES string of the molecule is CCN(CC(=O)NC)c1ccc(C=O)cc1. The van der Waals surface area contributed by atoms with Gasteiger partial charge in [-0.3, -0.25) is 9.59 Å². The van der Waals surface area contributed by atoms with Gasteiger partial charge >= 0.3 is 0 Å². The molecule has 1 N–H and O–H groups in total. The van der Waals surface area contributed by atoms with Crippen molar-refractivity contribution in [2.75, 3.05) is 25.0 Å². The van der Waals surface area contributed by atoms with E-state index in [1.54, 1.807) is 19.2 Å². The van der Waals surface area contributed by atoms with E-state index in [2.05, 4.69) is 5.32 Å². The van der Waals surface area contributed by atoms with Crippen molar-refractivity contribution >= 4 is 17.9 Å². The van der Waals surface area contributed by atoms with Crippen LogP contribution in [-0.2, 0) is 4.79 Å². The topological polar surface area (TPSA) is 49.4 Å². The van der Waals surface area contributed by atoms with E-state index >= 15 is 0 Å². The fraction of sp³-hybridized carbons (Fsp3) is 0.333. The van der Waals surface area contributed by atoms with E-state index in [4.69, 9.17) is 0 Å². The van der Waals surface area contributed by atoms with Crippen molar-refractivity contribution < 1.29 is 9.59 Å². The van der Waals surface area contributed by atoms with E-state index < -0.39 is 0 Å². The summed E-state index contributed by atoms with van der Waals surface area (Å²) in [7, 11) is 1.62. The van der Waals surface area contributed by atoms with Crippen LogP contribution in [0.15, 0.2) is 24.3 Å². The van der Waals surface area contributed by atoms with E-state index in [1.165, 1.54) is 0 Å². The molecule has 16 heavy (non-hydrogen) atoms. The molecule has 0 radical (unpaired) electrons. The van der Waals surface area contributed by atoms with Crippen molar-refractivity contribution in [2.45, 2.75) is 6.92 Å². The molecule has 1 rings (SSSR count). The first-order chi connectivity index (χ1) is 7.71. The maximum Gasteiger partial charge on any atom is 0.239 e. The van der Waals surface area contributed by atoms with Crippen LogP contribution in [0.3, 0.4) is 0 Å². The first-order valence-corrected chi connectivity index (χ1v) is 5.22. The van der Waals surface area contributed by atoms with Crippen LogP contribution in [0.1, 0.15) is 17.3 Å². The van der Waals surface area contributed by atoms with Crippen molar-refractivity contribution in [3.8, 4) is 0 Å². The monoisotopic (exact) mass is 220 g/mol. The molecule has 0 aromatic heterocycles. The van der Waals surface area contributed by atoms with Crippen LogP contribution in [0.25, 0.3) is 0 Å². The van der Waals surface area contributed by atoms with Gasteiger partial charge in [-0.25, -0.2) is 0 Å². The fourth-order valence-electron chi connectivity index (χ4n) is 1.40. The number of hydrogen-bond donors (Lipinski definition) is 1. The van der Waals surface area contributed by atoms with Gasteiger partial charge in [0.05, 0.1) is 6.54 Å². The molecule has 0 unspecified atom stereocenters. The Kier molecular flexibility index (Phi) is 4.51. The Morgan fingerprint density at radius 3 is 2.44 bits per heavy atom. The van der Waals surface area contributed by atoms with E-state index in [1.807, 2.05) is 24.0 Å². The molecule has 0 aliphatic carbocycles. The quantitative estimate of drug-likeness (QED) is 0.755. The molecule has 0 saturated carbocycles. The summed E-state index contributed by atoms with van der Waals surface area (Å²) in [6.07, 6.45) is 0.804. The summed E-state index contributed by atoms with van der Waals surface area (Å²) in [5, 5.41) is 2.59. The summed E-state index contributed by atoms with van der Waals surface area (Å²) >= 11 is 0. The third-order valence-corrected chi connectivity index (χ3v) is 2.39. The van der Waals surface area contributed by atoms with E-state index in [0.29, 0.717) is 12.1 Å². The summed E-state index contributed by atoms with van der Waals surface area (Å²) < 4.78 is 0. The maximum atomic E-state index is 11.3. The number of aldehydes is 1. The highest BCUT2D eigenvalue weighted by Gasteiger charge is 2.08. The summed E-state index contributed by atoms with van der Waals surface area (Å²) in [5.41, 5.74) is 1.58. The lowest BCUT2D eigenvalue weighted by Crippen LogP contribution is -2.35. The molecule has 1 aromatic rings. The number of nitrogens with zero attached hydrogens (tertiary/aromatic N) is 1. The molecule has 0 heterocycles. The minimum atomic E-state index is -0.0266. The summed E-state index contributed by atoms with van der Waals surface area (Å²) in [6.45, 7) is 3.05. The number of nitrogens with one attached hydrogen (secondary N) is 1. The minimum Gasteiger partial charge on any atom is -0.363 e. The van der Waals surface area contributed by atoms with Crippen LogP contribution in [0.5, 0.6) is 0 Å². The number of hydrogen-bond acceptors (Lipinski definition) is 3. The zero-order valence-corrected chi connectivity index (χ0v) is 9.56. The van der Waals surface area contributed by atoms with Gasteiger partial charge in [-0.05, 0) is 31.2 Å². The molecule has 0 spiro atoms. The van der Waals surface area contributed by atoms with Gasteiger partial charge in [-0.1, -0.05) is 0 Å². The smallest absolute Gasteiger partial charge is 0.239 e. The molecular formula is C12H16N2O2. The van der Waals surface area contributed by atoms with Crippen LogP contribution in [-0.4, -0.2) is 32.3 Å². The second-order valence-corrected chi connectivity index (χ2v) is 3.40. The molecular weight excluding hydrogens is 204 g/mol. The highest BCUT2D eigenvalue weighted by Crippen LogP contribution is 2.13. The maximum absolute atomic E-state index is 11.3. The first kappa shape index (κ1) is 12.2. The standard InChI is InChI=1S/C12H16N2O2/c1-3-14(8-12(16)13-2)11-6-4-10(9-15)5-7-11/h4-7,9H,3,8H2,1-2H3,(H,13,16). The van der Waals surface area contributed by atoms with E-state index in [0.717, 1.165) is 18.5 Å². The van der Waals surface area contributed by atoms with Crippen LogP contribution in [0, 0.1) is 0 Å². The Morgan fingerprint density at radius 2 is 2.00 bits per heavy atom. The Balaban J connectivity index is 2.78. The lowest BCUT2D eigenvalue weighted by Gasteiger charge is -2.22. The van der Waals surface area contributed by atoms with E-state index in [-0.39, 0.29) is 5.91 Å². The predicted molar refractivity (Wildman–Crippen MR) is 63.8 cm³/mol. The number of carbonyl (C=O) groups is 2. The van der Waals surface area contributed by atoms with Gasteiger partial charge in [0.1, 0.15) is 6.29 Å². The molecule has 0 fully saturated rings. The molecule has 4 heteroatoms. The second kappa shape index (κ2) is 5.90. The van der Waals surface area contributed by atoms with Crippen LogP contribution in [0.4, 0.5) is 5.69 Å². The van der Waals surface area contributed by atoms with Crippen molar-refractivity contribution in [3.63, 3.8) is 0 Å². The highest BCUT2D eigenvalue weighted by molar-refractivity contribution is 5.81. The van der Waals surface area contributed by atoms with Gasteiger partial charge in [0.15, 0.2) is 0 Å². The van der Waals surface area contributed by atoms with E-state index in [9.17, 15) is 9.59 Å². The van der Waals surface area contributed by atoms with Crippen LogP contribution >= 0.6 is 0 Å². The molecule has 0 atom stereocenters. The molecule has 0 aliphatic heterocycles. The molecule has 1 amide bonds. The van der Waals surface area contributed by atoms with Gasteiger partial charge in [0.25, 0.3) is 0 Å². The molecule has 86 valence electrons. The van der Waals surface area contributed by atoms with Gasteiger partial charge in [-0.15, -0.1) is 0 Å². The Bertz CT molecular complexity index is 360. The largest absolute Gasteiger partial charge is 0.363 e. The third-order valence-electron chi connectivity index (χ3n) is 2.39. The zero-order chi connectivity index (χ0) is 12.0. The Hall–Kier alpha value is -1.84. The molecule has 1 aromatic carbocycles. The van der Waals surface area contributed by atoms with Gasteiger partial charge in [0, 0.05) is 24.8 Å². The number of benzene rings is 1. The van der Waals surface area contributed by atoms with Crippen molar-refractivity contribution in [1.82, 2.24) is 5.32 Å². The van der Waals surface area contributed by atoms with Gasteiger partial charge < -0.3 is 10.2 Å². The number of carbonyl (C=O) groups excluding carboxylic acids is 2. The lowest BCUT2D eigenvalue weighted by atomic mass is 10.2. The summed E-state index contributed by atoms with van der Waals surface area (Å²) in [4.78, 5) is 23.7. The molecule has 0 aliphatic rings. The summed E-state index contributed by atoms with van der Waals surface area (Å²) in [5.74, 6) is -0.0266. The van der Waals surface area contributed by atoms with Crippen molar-refractivity contribution in [1.29, 1.82) is 0 Å². The summed E-state index contributed by atoms with van der Waals surface area (Å²) in [6, 6.07) is 7.18. The highest BCUT2D eigenvalue weighted by atomic mass is 16.1. The average molecular weight is 220 g/mol. The van der Waals surface area contributed by atoms with Gasteiger partial charge in [-0.2, -0.15) is 0 Å². The molecule has 4 nitrogen and oxygen atoms in total. The molecule has 0 saturated heterocycles. The fourth-order valence-corrected chi connectivity index (χ4v) is 1.40. The number of amides is 1. The van der Waals surface area contributed by atoms with Crippen LogP contribution < -0.4 is 10.2 Å². The van der Waals surface area contributed by atoms with Crippen LogP contribution in [0.2, 0.25) is 0 Å².